The topological polar surface area (TPSA) is 9.23 Å². The van der Waals surface area contributed by atoms with E-state index in [-0.39, 0.29) is 17.6 Å². The van der Waals surface area contributed by atoms with Gasteiger partial charge in [0.15, 0.2) is 0 Å². The molecule has 1 nitrogen and oxygen atoms in total. The highest BCUT2D eigenvalue weighted by Crippen LogP contribution is 2.22. The van der Waals surface area contributed by atoms with E-state index >= 15 is 0 Å². The molecular weight excluding hydrogens is 232 g/mol. The van der Waals surface area contributed by atoms with Crippen LogP contribution in [0.4, 0.5) is 0 Å². The molecule has 0 amide bonds. The van der Waals surface area contributed by atoms with Crippen LogP contribution in [0.2, 0.25) is 0 Å². The molecule has 0 unspecified atom stereocenters. The minimum atomic E-state index is 0.00160. The first kappa shape index (κ1) is 14.1. The highest BCUT2D eigenvalue weighted by atomic mass is 35.5. The Labute approximate surface area is 109 Å². The Morgan fingerprint density at radius 1 is 1.47 bits per heavy atom. The van der Waals surface area contributed by atoms with Crippen molar-refractivity contribution in [1.29, 1.82) is 0 Å². The molecule has 1 aliphatic rings. The lowest BCUT2D eigenvalue weighted by atomic mass is 10.1. The van der Waals surface area contributed by atoms with Gasteiger partial charge in [0.25, 0.3) is 0 Å². The van der Waals surface area contributed by atoms with Crippen molar-refractivity contribution in [3.05, 3.63) is 36.5 Å². The highest BCUT2D eigenvalue weighted by Gasteiger charge is 2.22. The van der Waals surface area contributed by atoms with E-state index in [9.17, 15) is 0 Å². The summed E-state index contributed by atoms with van der Waals surface area (Å²) in [4.78, 5) is 0. The number of hydrogen-bond acceptors (Lipinski definition) is 1. The summed E-state index contributed by atoms with van der Waals surface area (Å²) in [7, 11) is 0. The number of terminal acetylenes is 1. The van der Waals surface area contributed by atoms with Gasteiger partial charge in [-0.1, -0.05) is 36.3 Å². The average molecular weight is 251 g/mol. The largest absolute Gasteiger partial charge is 0.369 e. The first-order valence-electron chi connectivity index (χ1n) is 5.96. The molecule has 3 atom stereocenters. The Morgan fingerprint density at radius 3 is 2.94 bits per heavy atom. The first-order valence-corrected chi connectivity index (χ1v) is 6.40. The molecule has 17 heavy (non-hydrogen) atoms. The normalized spacial score (nSPS) is 30.3. The molecule has 0 aromatic rings. The Morgan fingerprint density at radius 2 is 2.24 bits per heavy atom. The van der Waals surface area contributed by atoms with Gasteiger partial charge in [-0.15, -0.1) is 18.0 Å². The summed E-state index contributed by atoms with van der Waals surface area (Å²) in [6.45, 7) is 2.00. The highest BCUT2D eigenvalue weighted by molar-refractivity contribution is 6.21. The fourth-order valence-electron chi connectivity index (χ4n) is 1.79. The summed E-state index contributed by atoms with van der Waals surface area (Å²) in [5, 5.41) is 0.00160. The lowest BCUT2D eigenvalue weighted by molar-refractivity contribution is 0.0129. The molecule has 0 aromatic heterocycles. The molecule has 1 rings (SSSR count). The van der Waals surface area contributed by atoms with Crippen LogP contribution < -0.4 is 0 Å². The Kier molecular flexibility index (Phi) is 6.77. The second-order valence-electron chi connectivity index (χ2n) is 4.00. The molecule has 0 radical (unpaired) electrons. The van der Waals surface area contributed by atoms with Crippen LogP contribution in [-0.4, -0.2) is 17.6 Å². The third kappa shape index (κ3) is 5.26. The van der Waals surface area contributed by atoms with Crippen LogP contribution in [0.25, 0.3) is 0 Å². The summed E-state index contributed by atoms with van der Waals surface area (Å²) >= 11 is 6.32. The van der Waals surface area contributed by atoms with Gasteiger partial charge in [0.05, 0.1) is 17.6 Å². The van der Waals surface area contributed by atoms with Gasteiger partial charge in [-0.05, 0) is 32.3 Å². The third-order valence-electron chi connectivity index (χ3n) is 2.64. The van der Waals surface area contributed by atoms with Crippen LogP contribution in [0.1, 0.15) is 26.2 Å². The number of alkyl halides is 1. The predicted molar refractivity (Wildman–Crippen MR) is 74.1 cm³/mol. The molecule has 92 valence electrons. The van der Waals surface area contributed by atoms with Crippen molar-refractivity contribution < 1.29 is 4.74 Å². The van der Waals surface area contributed by atoms with Crippen LogP contribution in [0.15, 0.2) is 36.5 Å². The average Bonchev–Trinajstić information content (AvgIpc) is 2.31. The van der Waals surface area contributed by atoms with Crippen molar-refractivity contribution in [2.24, 2.45) is 0 Å². The zero-order valence-electron chi connectivity index (χ0n) is 10.2. The number of rotatable bonds is 3. The predicted octanol–water partition coefficient (Wildman–Crippen LogP) is 3.85. The molecule has 1 aliphatic heterocycles. The molecule has 0 saturated carbocycles. The van der Waals surface area contributed by atoms with Gasteiger partial charge in [-0.25, -0.2) is 0 Å². The lowest BCUT2D eigenvalue weighted by Gasteiger charge is -2.26. The monoisotopic (exact) mass is 250 g/mol. The van der Waals surface area contributed by atoms with Gasteiger partial charge in [0.1, 0.15) is 0 Å². The quantitative estimate of drug-likeness (QED) is 0.420. The van der Waals surface area contributed by atoms with E-state index < -0.39 is 0 Å². The molecule has 0 bridgehead atoms. The van der Waals surface area contributed by atoms with Gasteiger partial charge in [0, 0.05) is 0 Å². The third-order valence-corrected chi connectivity index (χ3v) is 3.10. The van der Waals surface area contributed by atoms with Gasteiger partial charge in [-0.3, -0.25) is 0 Å². The Balaban J connectivity index is 2.66. The van der Waals surface area contributed by atoms with Gasteiger partial charge < -0.3 is 4.74 Å². The van der Waals surface area contributed by atoms with E-state index in [0.717, 1.165) is 19.3 Å². The zero-order valence-corrected chi connectivity index (χ0v) is 10.9. The molecule has 1 heterocycles. The smallest absolute Gasteiger partial charge is 0.0794 e. The minimum absolute atomic E-state index is 0.00160. The van der Waals surface area contributed by atoms with E-state index in [1.54, 1.807) is 6.08 Å². The summed E-state index contributed by atoms with van der Waals surface area (Å²) < 4.78 is 6.00. The van der Waals surface area contributed by atoms with E-state index in [4.69, 9.17) is 22.8 Å². The lowest BCUT2D eigenvalue weighted by Crippen LogP contribution is -2.29. The van der Waals surface area contributed by atoms with Crippen LogP contribution in [0, 0.1) is 12.3 Å². The molecule has 2 heteroatoms. The minimum Gasteiger partial charge on any atom is -0.369 e. The maximum atomic E-state index is 6.32. The van der Waals surface area contributed by atoms with E-state index in [0.29, 0.717) is 0 Å². The van der Waals surface area contributed by atoms with Crippen LogP contribution in [-0.2, 0) is 4.74 Å². The zero-order chi connectivity index (χ0) is 12.5. The fraction of sp³-hybridized carbons (Fsp3) is 0.467. The van der Waals surface area contributed by atoms with Gasteiger partial charge in [-0.2, -0.15) is 0 Å². The summed E-state index contributed by atoms with van der Waals surface area (Å²) in [6, 6.07) is 0. The molecule has 0 aliphatic carbocycles. The molecule has 0 spiro atoms. The number of ether oxygens (including phenoxy) is 1. The first-order chi connectivity index (χ1) is 8.27. The summed E-state index contributed by atoms with van der Waals surface area (Å²) in [6.07, 6.45) is 19.8. The van der Waals surface area contributed by atoms with Gasteiger partial charge >= 0.3 is 0 Å². The summed E-state index contributed by atoms with van der Waals surface area (Å²) in [5.41, 5.74) is 0. The number of allylic oxidation sites excluding steroid dienone is 3. The maximum Gasteiger partial charge on any atom is 0.0794 e. The Bertz CT molecular complexity index is 335. The number of hydrogen-bond donors (Lipinski definition) is 0. The van der Waals surface area contributed by atoms with E-state index in [2.05, 4.69) is 24.1 Å². The maximum absolute atomic E-state index is 6.32. The molecule has 0 fully saturated rings. The molecular formula is C15H19ClO. The van der Waals surface area contributed by atoms with E-state index in [1.807, 2.05) is 19.1 Å². The molecule has 0 aromatic carbocycles. The van der Waals surface area contributed by atoms with Gasteiger partial charge in [0.2, 0.25) is 0 Å². The second kappa shape index (κ2) is 8.17. The van der Waals surface area contributed by atoms with Crippen molar-refractivity contribution in [3.63, 3.8) is 0 Å². The van der Waals surface area contributed by atoms with Crippen LogP contribution >= 0.6 is 11.6 Å². The SMILES string of the molecule is C#CC=CC[C@@H]1O[C@H](/C=C/C)CC=CC[C@@H]1Cl. The number of halogens is 1. The van der Waals surface area contributed by atoms with Crippen LogP contribution in [0.5, 0.6) is 0 Å². The van der Waals surface area contributed by atoms with E-state index in [1.165, 1.54) is 0 Å². The van der Waals surface area contributed by atoms with Crippen molar-refractivity contribution in [2.75, 3.05) is 0 Å². The van der Waals surface area contributed by atoms with Crippen molar-refractivity contribution in [3.8, 4) is 12.3 Å². The molecule has 0 saturated heterocycles. The second-order valence-corrected chi connectivity index (χ2v) is 4.56. The van der Waals surface area contributed by atoms with Crippen molar-refractivity contribution in [1.82, 2.24) is 0 Å². The van der Waals surface area contributed by atoms with Crippen LogP contribution in [0.3, 0.4) is 0 Å². The standard InChI is InChI=1S/C15H19ClO/c1-3-5-6-12-15-14(16)11-8-7-10-13(17-15)9-4-2/h1,4-9,13-15H,10-12H2,2H3/b6-5?,8-7?,9-4+/t13-,14+,15+/m1/s1. The Hall–Kier alpha value is -0.970. The molecule has 0 N–H and O–H groups in total. The fourth-order valence-corrected chi connectivity index (χ4v) is 2.05. The van der Waals surface area contributed by atoms with Crippen molar-refractivity contribution >= 4 is 11.6 Å². The van der Waals surface area contributed by atoms with Crippen molar-refractivity contribution in [2.45, 2.75) is 43.8 Å². The summed E-state index contributed by atoms with van der Waals surface area (Å²) in [5.74, 6) is 2.48.